The van der Waals surface area contributed by atoms with Crippen LogP contribution in [0.5, 0.6) is 0 Å². The van der Waals surface area contributed by atoms with Gasteiger partial charge in [0.1, 0.15) is 10.6 Å². The molecule has 26 heavy (non-hydrogen) atoms. The largest absolute Gasteiger partial charge is 0.376 e. The molecule has 1 aliphatic heterocycles. The van der Waals surface area contributed by atoms with Crippen LogP contribution in [0.25, 0.3) is 10.2 Å². The van der Waals surface area contributed by atoms with Crippen molar-refractivity contribution in [3.05, 3.63) is 20.8 Å². The van der Waals surface area contributed by atoms with Gasteiger partial charge in [0.15, 0.2) is 5.16 Å². The number of thiophene rings is 1. The van der Waals surface area contributed by atoms with Crippen molar-refractivity contribution in [3.8, 4) is 0 Å². The summed E-state index contributed by atoms with van der Waals surface area (Å²) in [5.41, 5.74) is 1.18. The van der Waals surface area contributed by atoms with Crippen LogP contribution in [0, 0.1) is 6.92 Å². The summed E-state index contributed by atoms with van der Waals surface area (Å²) in [7, 11) is 0. The molecule has 2 aromatic rings. The summed E-state index contributed by atoms with van der Waals surface area (Å²) in [6.45, 7) is 7.10. The topological polar surface area (TPSA) is 61.2 Å². The lowest BCUT2D eigenvalue weighted by atomic mass is 10.1. The Hall–Kier alpha value is -1.18. The van der Waals surface area contributed by atoms with E-state index in [4.69, 9.17) is 9.72 Å². The quantitative estimate of drug-likeness (QED) is 0.385. The van der Waals surface area contributed by atoms with Gasteiger partial charge in [-0.3, -0.25) is 9.36 Å². The Kier molecular flexibility index (Phi) is 6.53. The number of ketones is 1. The summed E-state index contributed by atoms with van der Waals surface area (Å²) >= 11 is 3.18. The molecule has 5 nitrogen and oxygen atoms in total. The molecule has 0 radical (unpaired) electrons. The van der Waals surface area contributed by atoms with Gasteiger partial charge in [0, 0.05) is 23.7 Å². The minimum Gasteiger partial charge on any atom is -0.376 e. The fourth-order valence-electron chi connectivity index (χ4n) is 3.40. The number of Topliss-reactive ketones (excluding diaryl/α,β-unsaturated/α-hetero) is 1. The van der Waals surface area contributed by atoms with Crippen molar-refractivity contribution in [1.82, 2.24) is 9.55 Å². The minimum atomic E-state index is 0.0563. The molecule has 1 aliphatic rings. The van der Waals surface area contributed by atoms with Crippen molar-refractivity contribution < 1.29 is 9.53 Å². The van der Waals surface area contributed by atoms with Crippen molar-refractivity contribution >= 4 is 39.1 Å². The van der Waals surface area contributed by atoms with Crippen LogP contribution in [0.15, 0.2) is 9.95 Å². The first kappa shape index (κ1) is 19.6. The normalized spacial score (nSPS) is 17.3. The van der Waals surface area contributed by atoms with E-state index in [1.807, 2.05) is 4.57 Å². The maximum atomic E-state index is 13.3. The number of aryl methyl sites for hydroxylation is 2. The molecule has 0 aliphatic carbocycles. The van der Waals surface area contributed by atoms with Gasteiger partial charge < -0.3 is 9.53 Å². The van der Waals surface area contributed by atoms with E-state index in [1.165, 1.54) is 4.88 Å². The molecular weight excluding hydrogens is 368 g/mol. The Morgan fingerprint density at radius 3 is 2.92 bits per heavy atom. The Bertz CT molecular complexity index is 851. The summed E-state index contributed by atoms with van der Waals surface area (Å²) in [4.78, 5) is 31.3. The molecule has 1 atom stereocenters. The molecular formula is C19H26N2O3S2. The Balaban J connectivity index is 1.96. The van der Waals surface area contributed by atoms with Crippen molar-refractivity contribution in [1.29, 1.82) is 0 Å². The highest BCUT2D eigenvalue weighted by Crippen LogP contribution is 2.30. The molecule has 7 heteroatoms. The number of carbonyl (C=O) groups is 1. The van der Waals surface area contributed by atoms with Gasteiger partial charge in [-0.25, -0.2) is 4.98 Å². The smallest absolute Gasteiger partial charge is 0.263 e. The Morgan fingerprint density at radius 1 is 1.46 bits per heavy atom. The molecule has 142 valence electrons. The van der Waals surface area contributed by atoms with Crippen LogP contribution in [0.4, 0.5) is 0 Å². The number of ether oxygens (including phenoxy) is 1. The highest BCUT2D eigenvalue weighted by molar-refractivity contribution is 7.99. The van der Waals surface area contributed by atoms with Gasteiger partial charge in [-0.1, -0.05) is 18.7 Å². The Morgan fingerprint density at radius 2 is 2.27 bits per heavy atom. The molecule has 1 fully saturated rings. The van der Waals surface area contributed by atoms with Gasteiger partial charge >= 0.3 is 0 Å². The zero-order chi connectivity index (χ0) is 18.7. The van der Waals surface area contributed by atoms with Crippen LogP contribution in [-0.2, 0) is 22.5 Å². The first-order chi connectivity index (χ1) is 12.5. The number of fused-ring (bicyclic) bond motifs is 1. The standard InChI is InChI=1S/C19H26N2O3S2/c1-4-15-13(3)26-17-16(15)18(23)21(11-14-8-5-9-24-14)19(20-17)25-10-6-7-12(2)22/h14H,4-11H2,1-3H3. The van der Waals surface area contributed by atoms with E-state index in [-0.39, 0.29) is 17.4 Å². The van der Waals surface area contributed by atoms with E-state index in [2.05, 4.69) is 13.8 Å². The number of nitrogens with zero attached hydrogens (tertiary/aromatic N) is 2. The summed E-state index contributed by atoms with van der Waals surface area (Å²) < 4.78 is 7.57. The van der Waals surface area contributed by atoms with Gasteiger partial charge in [0.2, 0.25) is 0 Å². The lowest BCUT2D eigenvalue weighted by molar-refractivity contribution is -0.117. The van der Waals surface area contributed by atoms with Crippen LogP contribution in [0.1, 0.15) is 50.0 Å². The third kappa shape index (κ3) is 4.21. The first-order valence-corrected chi connectivity index (χ1v) is 11.1. The number of aromatic nitrogens is 2. The van der Waals surface area contributed by atoms with Crippen LogP contribution >= 0.6 is 23.1 Å². The van der Waals surface area contributed by atoms with Crippen LogP contribution < -0.4 is 5.56 Å². The number of rotatable bonds is 8. The number of carbonyl (C=O) groups excluding carboxylic acids is 1. The van der Waals surface area contributed by atoms with E-state index in [1.54, 1.807) is 30.0 Å². The molecule has 1 unspecified atom stereocenters. The number of hydrogen-bond donors (Lipinski definition) is 0. The average Bonchev–Trinajstić information content (AvgIpc) is 3.21. The molecule has 0 aromatic carbocycles. The molecule has 0 saturated carbocycles. The van der Waals surface area contributed by atoms with Gasteiger partial charge in [-0.2, -0.15) is 0 Å². The maximum absolute atomic E-state index is 13.3. The average molecular weight is 395 g/mol. The highest BCUT2D eigenvalue weighted by atomic mass is 32.2. The summed E-state index contributed by atoms with van der Waals surface area (Å²) in [6, 6.07) is 0. The van der Waals surface area contributed by atoms with E-state index >= 15 is 0 Å². The van der Waals surface area contributed by atoms with Crippen molar-refractivity contribution in [2.75, 3.05) is 12.4 Å². The monoisotopic (exact) mass is 394 g/mol. The second-order valence-corrected chi connectivity index (χ2v) is 9.03. The van der Waals surface area contributed by atoms with E-state index < -0.39 is 0 Å². The predicted molar refractivity (Wildman–Crippen MR) is 108 cm³/mol. The molecule has 1 saturated heterocycles. The van der Waals surface area contributed by atoms with Crippen LogP contribution in [0.2, 0.25) is 0 Å². The second-order valence-electron chi connectivity index (χ2n) is 6.77. The zero-order valence-corrected chi connectivity index (χ0v) is 17.3. The fraction of sp³-hybridized carbons (Fsp3) is 0.632. The number of thioether (sulfide) groups is 1. The molecule has 2 aromatic heterocycles. The molecule has 3 rings (SSSR count). The SMILES string of the molecule is CCc1c(C)sc2nc(SCCCC(C)=O)n(CC3CCCO3)c(=O)c12. The maximum Gasteiger partial charge on any atom is 0.263 e. The second kappa shape index (κ2) is 8.67. The van der Waals surface area contributed by atoms with Crippen LogP contribution in [-0.4, -0.2) is 33.8 Å². The molecule has 3 heterocycles. The van der Waals surface area contributed by atoms with Crippen LogP contribution in [0.3, 0.4) is 0 Å². The van der Waals surface area contributed by atoms with E-state index in [9.17, 15) is 9.59 Å². The van der Waals surface area contributed by atoms with E-state index in [0.29, 0.717) is 13.0 Å². The summed E-state index contributed by atoms with van der Waals surface area (Å²) in [6.07, 6.45) is 4.35. The summed E-state index contributed by atoms with van der Waals surface area (Å²) in [5, 5.41) is 1.53. The van der Waals surface area contributed by atoms with Gasteiger partial charge in [-0.15, -0.1) is 11.3 Å². The third-order valence-corrected chi connectivity index (χ3v) is 6.85. The van der Waals surface area contributed by atoms with Gasteiger partial charge in [0.05, 0.1) is 18.0 Å². The lowest BCUT2D eigenvalue weighted by Gasteiger charge is -2.16. The molecule has 0 N–H and O–H groups in total. The van der Waals surface area contributed by atoms with E-state index in [0.717, 1.165) is 59.0 Å². The predicted octanol–water partition coefficient (Wildman–Crippen LogP) is 3.97. The molecule has 0 bridgehead atoms. The third-order valence-electron chi connectivity index (χ3n) is 4.75. The molecule has 0 spiro atoms. The highest BCUT2D eigenvalue weighted by Gasteiger charge is 2.22. The van der Waals surface area contributed by atoms with Crippen molar-refractivity contribution in [3.63, 3.8) is 0 Å². The summed E-state index contributed by atoms with van der Waals surface area (Å²) in [5.74, 6) is 0.987. The van der Waals surface area contributed by atoms with Gasteiger partial charge in [-0.05, 0) is 45.1 Å². The molecule has 0 amide bonds. The van der Waals surface area contributed by atoms with Crippen molar-refractivity contribution in [2.45, 2.75) is 70.7 Å². The minimum absolute atomic E-state index is 0.0563. The fourth-order valence-corrected chi connectivity index (χ4v) is 5.51. The Labute approximate surface area is 162 Å². The number of hydrogen-bond acceptors (Lipinski definition) is 6. The lowest BCUT2D eigenvalue weighted by Crippen LogP contribution is -2.29. The first-order valence-electron chi connectivity index (χ1n) is 9.28. The van der Waals surface area contributed by atoms with Crippen molar-refractivity contribution in [2.24, 2.45) is 0 Å². The van der Waals surface area contributed by atoms with Gasteiger partial charge in [0.25, 0.3) is 5.56 Å². The zero-order valence-electron chi connectivity index (χ0n) is 15.7.